The number of rotatable bonds is 2. The summed E-state index contributed by atoms with van der Waals surface area (Å²) < 4.78 is 1.03. The van der Waals surface area contributed by atoms with Crippen molar-refractivity contribution in [1.29, 1.82) is 0 Å². The third-order valence-electron chi connectivity index (χ3n) is 3.24. The van der Waals surface area contributed by atoms with Crippen molar-refractivity contribution >= 4 is 32.5 Å². The number of hydrogen-bond donors (Lipinski definition) is 0. The number of aromatic nitrogens is 1. The van der Waals surface area contributed by atoms with E-state index in [4.69, 9.17) is 0 Å². The summed E-state index contributed by atoms with van der Waals surface area (Å²) in [6, 6.07) is 15.4. The van der Waals surface area contributed by atoms with E-state index < -0.39 is 0 Å². The van der Waals surface area contributed by atoms with Gasteiger partial charge >= 0.3 is 0 Å². The van der Waals surface area contributed by atoms with Crippen LogP contribution >= 0.6 is 15.9 Å². The van der Waals surface area contributed by atoms with Gasteiger partial charge in [-0.15, -0.1) is 0 Å². The van der Waals surface area contributed by atoms with Gasteiger partial charge in [0.05, 0.1) is 0 Å². The van der Waals surface area contributed by atoms with Crippen LogP contribution in [-0.4, -0.2) is 10.8 Å². The molecule has 0 aliphatic heterocycles. The second-order valence-electron chi connectivity index (χ2n) is 4.72. The quantitative estimate of drug-likeness (QED) is 0.647. The number of halogens is 1. The minimum absolute atomic E-state index is 0.00215. The summed E-state index contributed by atoms with van der Waals surface area (Å²) in [6.07, 6.45) is 1.63. The van der Waals surface area contributed by atoms with Crippen LogP contribution in [0.15, 0.2) is 59.2 Å². The first-order chi connectivity index (χ1) is 9.63. The van der Waals surface area contributed by atoms with Gasteiger partial charge in [0, 0.05) is 27.5 Å². The number of fused-ring (bicyclic) bond motifs is 1. The van der Waals surface area contributed by atoms with E-state index >= 15 is 0 Å². The molecule has 0 radical (unpaired) electrons. The number of aryl methyl sites for hydroxylation is 1. The van der Waals surface area contributed by atoms with Crippen LogP contribution in [0.25, 0.3) is 10.8 Å². The van der Waals surface area contributed by atoms with E-state index in [9.17, 15) is 4.79 Å². The number of pyridine rings is 1. The fraction of sp³-hybridized carbons (Fsp3) is 0.0588. The summed E-state index contributed by atoms with van der Waals surface area (Å²) in [6.45, 7) is 1.90. The standard InChI is InChI=1S/C17H12BrNO/c1-11-2-3-15(10-19-11)17(20)14-5-4-13-9-16(18)7-6-12(13)8-14/h2-10H,1H3. The molecule has 0 N–H and O–H groups in total. The van der Waals surface area contributed by atoms with Crippen LogP contribution in [0.4, 0.5) is 0 Å². The minimum atomic E-state index is 0.00215. The lowest BCUT2D eigenvalue weighted by atomic mass is 10.0. The van der Waals surface area contributed by atoms with Crippen molar-refractivity contribution in [2.75, 3.05) is 0 Å². The molecule has 1 aromatic heterocycles. The van der Waals surface area contributed by atoms with Crippen LogP contribution in [0.3, 0.4) is 0 Å². The Kier molecular flexibility index (Phi) is 3.36. The lowest BCUT2D eigenvalue weighted by Crippen LogP contribution is -2.02. The molecule has 0 aliphatic carbocycles. The maximum atomic E-state index is 12.4. The molecule has 0 atom stereocenters. The second-order valence-corrected chi connectivity index (χ2v) is 5.64. The molecule has 3 aromatic rings. The largest absolute Gasteiger partial charge is 0.289 e. The second kappa shape index (κ2) is 5.17. The Hall–Kier alpha value is -2.00. The highest BCUT2D eigenvalue weighted by Crippen LogP contribution is 2.22. The van der Waals surface area contributed by atoms with Crippen molar-refractivity contribution in [3.63, 3.8) is 0 Å². The summed E-state index contributed by atoms with van der Waals surface area (Å²) >= 11 is 3.45. The first kappa shape index (κ1) is 13.0. The zero-order valence-corrected chi connectivity index (χ0v) is 12.5. The maximum Gasteiger partial charge on any atom is 0.194 e. The fourth-order valence-corrected chi connectivity index (χ4v) is 2.51. The van der Waals surface area contributed by atoms with E-state index in [0.717, 1.165) is 20.9 Å². The summed E-state index contributed by atoms with van der Waals surface area (Å²) in [5, 5.41) is 2.16. The van der Waals surface area contributed by atoms with Gasteiger partial charge in [0.2, 0.25) is 0 Å². The topological polar surface area (TPSA) is 30.0 Å². The fourth-order valence-electron chi connectivity index (χ4n) is 2.13. The molecule has 0 unspecified atom stereocenters. The van der Waals surface area contributed by atoms with Crippen molar-refractivity contribution in [2.45, 2.75) is 6.92 Å². The van der Waals surface area contributed by atoms with Crippen LogP contribution in [0.1, 0.15) is 21.6 Å². The number of carbonyl (C=O) groups excluding carboxylic acids is 1. The molecule has 2 nitrogen and oxygen atoms in total. The molecule has 3 rings (SSSR count). The van der Waals surface area contributed by atoms with Crippen LogP contribution < -0.4 is 0 Å². The molecule has 0 saturated heterocycles. The summed E-state index contributed by atoms with van der Waals surface area (Å²) in [4.78, 5) is 16.6. The molecular weight excluding hydrogens is 314 g/mol. The van der Waals surface area contributed by atoms with Crippen molar-refractivity contribution in [3.8, 4) is 0 Å². The average Bonchev–Trinajstić information content (AvgIpc) is 2.47. The predicted octanol–water partition coefficient (Wildman–Crippen LogP) is 4.54. The molecule has 0 spiro atoms. The molecule has 0 amide bonds. The maximum absolute atomic E-state index is 12.4. The van der Waals surface area contributed by atoms with E-state index in [0.29, 0.717) is 11.1 Å². The number of benzene rings is 2. The Bertz CT molecular complexity index is 794. The van der Waals surface area contributed by atoms with Gasteiger partial charge in [0.25, 0.3) is 0 Å². The van der Waals surface area contributed by atoms with Gasteiger partial charge in [-0.1, -0.05) is 34.1 Å². The van der Waals surface area contributed by atoms with Gasteiger partial charge in [-0.2, -0.15) is 0 Å². The van der Waals surface area contributed by atoms with Crippen molar-refractivity contribution < 1.29 is 4.79 Å². The van der Waals surface area contributed by atoms with Crippen LogP contribution in [0.2, 0.25) is 0 Å². The van der Waals surface area contributed by atoms with Gasteiger partial charge < -0.3 is 0 Å². The molecule has 0 aliphatic rings. The molecule has 0 saturated carbocycles. The molecule has 20 heavy (non-hydrogen) atoms. The predicted molar refractivity (Wildman–Crippen MR) is 84.1 cm³/mol. The molecular formula is C17H12BrNO. The van der Waals surface area contributed by atoms with E-state index in [1.54, 1.807) is 6.20 Å². The van der Waals surface area contributed by atoms with E-state index in [2.05, 4.69) is 20.9 Å². The van der Waals surface area contributed by atoms with Crippen LogP contribution in [-0.2, 0) is 0 Å². The zero-order chi connectivity index (χ0) is 14.1. The smallest absolute Gasteiger partial charge is 0.194 e. The third-order valence-corrected chi connectivity index (χ3v) is 3.73. The third kappa shape index (κ3) is 2.49. The normalized spacial score (nSPS) is 10.7. The highest BCUT2D eigenvalue weighted by atomic mass is 79.9. The SMILES string of the molecule is Cc1ccc(C(=O)c2ccc3cc(Br)ccc3c2)cn1. The summed E-state index contributed by atoms with van der Waals surface area (Å²) in [5.74, 6) is 0.00215. The lowest BCUT2D eigenvalue weighted by molar-refractivity contribution is 0.103. The average molecular weight is 326 g/mol. The zero-order valence-electron chi connectivity index (χ0n) is 10.9. The summed E-state index contributed by atoms with van der Waals surface area (Å²) in [5.41, 5.74) is 2.21. The van der Waals surface area contributed by atoms with Crippen LogP contribution in [0.5, 0.6) is 0 Å². The molecule has 2 aromatic carbocycles. The number of ketones is 1. The highest BCUT2D eigenvalue weighted by Gasteiger charge is 2.10. The monoisotopic (exact) mass is 325 g/mol. The highest BCUT2D eigenvalue weighted by molar-refractivity contribution is 9.10. The van der Waals surface area contributed by atoms with Crippen molar-refractivity contribution in [3.05, 3.63) is 76.0 Å². The minimum Gasteiger partial charge on any atom is -0.289 e. The Balaban J connectivity index is 2.03. The van der Waals surface area contributed by atoms with Crippen molar-refractivity contribution in [1.82, 2.24) is 4.98 Å². The summed E-state index contributed by atoms with van der Waals surface area (Å²) in [7, 11) is 0. The van der Waals surface area contributed by atoms with E-state index in [1.165, 1.54) is 0 Å². The van der Waals surface area contributed by atoms with Gasteiger partial charge in [-0.3, -0.25) is 9.78 Å². The first-order valence-corrected chi connectivity index (χ1v) is 7.09. The number of hydrogen-bond acceptors (Lipinski definition) is 2. The number of carbonyl (C=O) groups is 1. The van der Waals surface area contributed by atoms with Gasteiger partial charge in [-0.05, 0) is 48.0 Å². The Morgan fingerprint density at radius 3 is 2.40 bits per heavy atom. The first-order valence-electron chi connectivity index (χ1n) is 6.30. The van der Waals surface area contributed by atoms with Gasteiger partial charge in [0.1, 0.15) is 0 Å². The number of nitrogens with zero attached hydrogens (tertiary/aromatic N) is 1. The molecule has 0 fully saturated rings. The van der Waals surface area contributed by atoms with Gasteiger partial charge in [0.15, 0.2) is 5.78 Å². The van der Waals surface area contributed by atoms with Crippen LogP contribution in [0, 0.1) is 6.92 Å². The van der Waals surface area contributed by atoms with Crippen molar-refractivity contribution in [2.24, 2.45) is 0 Å². The Morgan fingerprint density at radius 1 is 0.950 bits per heavy atom. The molecule has 0 bridgehead atoms. The molecule has 1 heterocycles. The molecule has 3 heteroatoms. The van der Waals surface area contributed by atoms with E-state index in [-0.39, 0.29) is 5.78 Å². The van der Waals surface area contributed by atoms with E-state index in [1.807, 2.05) is 55.5 Å². The Labute approximate surface area is 125 Å². The Morgan fingerprint density at radius 2 is 1.65 bits per heavy atom. The van der Waals surface area contributed by atoms with Gasteiger partial charge in [-0.25, -0.2) is 0 Å². The lowest BCUT2D eigenvalue weighted by Gasteiger charge is -2.04. The molecule has 98 valence electrons.